The first-order chi connectivity index (χ1) is 20.1. The Labute approximate surface area is 242 Å². The van der Waals surface area contributed by atoms with Gasteiger partial charge in [-0.3, -0.25) is 0 Å². The Morgan fingerprint density at radius 1 is 1.12 bits per heavy atom. The van der Waals surface area contributed by atoms with Crippen LogP contribution in [0.25, 0.3) is 11.0 Å². The van der Waals surface area contributed by atoms with Gasteiger partial charge in [-0.2, -0.15) is 0 Å². The topological polar surface area (TPSA) is 143 Å². The molecule has 0 amide bonds. The van der Waals surface area contributed by atoms with Crippen molar-refractivity contribution < 1.29 is 47.8 Å². The molecule has 226 valence electrons. The van der Waals surface area contributed by atoms with Crippen LogP contribution >= 0.6 is 0 Å². The molecule has 5 rings (SSSR count). The second kappa shape index (κ2) is 12.4. The third kappa shape index (κ3) is 6.02. The van der Waals surface area contributed by atoms with Gasteiger partial charge in [-0.15, -0.1) is 0 Å². The molecule has 11 nitrogen and oxygen atoms in total. The van der Waals surface area contributed by atoms with Crippen molar-refractivity contribution in [2.45, 2.75) is 83.1 Å². The van der Waals surface area contributed by atoms with Crippen LogP contribution in [0.3, 0.4) is 0 Å². The first kappa shape index (κ1) is 30.0. The molecule has 2 saturated heterocycles. The summed E-state index contributed by atoms with van der Waals surface area (Å²) in [5.74, 6) is -1.28. The fourth-order valence-corrected chi connectivity index (χ4v) is 5.50. The van der Waals surface area contributed by atoms with E-state index in [2.05, 4.69) is 0 Å². The van der Waals surface area contributed by atoms with Crippen LogP contribution in [0.15, 0.2) is 51.7 Å². The SMILES string of the molecule is CO[C@@H]1[C@@H](O)[C@@H](OC2CCCCO2)[C@H](Oc2ccc3c(OCc4ccccc4)c(C(=O)O)c(=O)oc3c2C)OC1(C)C. The predicted octanol–water partition coefficient (Wildman–Crippen LogP) is 4.18. The van der Waals surface area contributed by atoms with Crippen LogP contribution in [0, 0.1) is 6.92 Å². The third-order valence-corrected chi connectivity index (χ3v) is 7.63. The fraction of sp³-hybridized carbons (Fsp3) is 0.484. The summed E-state index contributed by atoms with van der Waals surface area (Å²) in [5.41, 5.74) is -1.29. The van der Waals surface area contributed by atoms with Gasteiger partial charge in [0.15, 0.2) is 23.7 Å². The lowest BCUT2D eigenvalue weighted by molar-refractivity contribution is -0.339. The Morgan fingerprint density at radius 3 is 2.55 bits per heavy atom. The van der Waals surface area contributed by atoms with Gasteiger partial charge in [-0.25, -0.2) is 9.59 Å². The van der Waals surface area contributed by atoms with E-state index in [9.17, 15) is 19.8 Å². The first-order valence-electron chi connectivity index (χ1n) is 13.9. The zero-order valence-corrected chi connectivity index (χ0v) is 24.0. The number of carbonyl (C=O) groups is 1. The summed E-state index contributed by atoms with van der Waals surface area (Å²) in [6.45, 7) is 5.83. The van der Waals surface area contributed by atoms with Gasteiger partial charge in [-0.05, 0) is 57.7 Å². The molecule has 2 aliphatic rings. The second-order valence-corrected chi connectivity index (χ2v) is 11.0. The zero-order valence-electron chi connectivity index (χ0n) is 24.0. The normalized spacial score (nSPS) is 25.7. The highest BCUT2D eigenvalue weighted by Gasteiger charge is 2.52. The highest BCUT2D eigenvalue weighted by Crippen LogP contribution is 2.39. The van der Waals surface area contributed by atoms with E-state index in [-0.39, 0.29) is 23.7 Å². The number of aromatic carboxylic acids is 1. The maximum Gasteiger partial charge on any atom is 0.354 e. The number of ether oxygens (including phenoxy) is 6. The standard InChI is InChI=1S/C31H36O11/c1-17-20(39-30-26(40-21-12-8-9-15-37-21)23(32)27(36-4)31(2,3)42-30)14-13-19-24(17)41-29(35)22(28(33)34)25(19)38-16-18-10-6-5-7-11-18/h5-7,10-11,13-14,21,23,26-27,30,32H,8-9,12,15-16H2,1-4H3,(H,33,34)/t21?,23-,26+,27+,30+/m0/s1. The Bertz CT molecular complexity index is 1460. The smallest absolute Gasteiger partial charge is 0.354 e. The van der Waals surface area contributed by atoms with Crippen molar-refractivity contribution in [1.82, 2.24) is 0 Å². The number of aliphatic hydroxyl groups is 1. The molecule has 2 N–H and O–H groups in total. The van der Waals surface area contributed by atoms with Crippen molar-refractivity contribution in [3.63, 3.8) is 0 Å². The van der Waals surface area contributed by atoms with Gasteiger partial charge in [0.05, 0.1) is 11.0 Å². The third-order valence-electron chi connectivity index (χ3n) is 7.63. The van der Waals surface area contributed by atoms with Crippen molar-refractivity contribution in [2.24, 2.45) is 0 Å². The minimum atomic E-state index is -1.46. The molecule has 3 aromatic rings. The van der Waals surface area contributed by atoms with Crippen LogP contribution in [0.4, 0.5) is 0 Å². The average Bonchev–Trinajstić information content (AvgIpc) is 2.96. The number of hydrogen-bond donors (Lipinski definition) is 2. The number of fused-ring (bicyclic) bond motifs is 1. The van der Waals surface area contributed by atoms with Crippen LogP contribution < -0.4 is 15.1 Å². The summed E-state index contributed by atoms with van der Waals surface area (Å²) in [4.78, 5) is 24.9. The molecular weight excluding hydrogens is 548 g/mol. The molecule has 0 spiro atoms. The summed E-state index contributed by atoms with van der Waals surface area (Å²) >= 11 is 0. The predicted molar refractivity (Wildman–Crippen MR) is 150 cm³/mol. The molecule has 42 heavy (non-hydrogen) atoms. The van der Waals surface area contributed by atoms with Gasteiger partial charge >= 0.3 is 11.6 Å². The Balaban J connectivity index is 1.50. The van der Waals surface area contributed by atoms with E-state index in [4.69, 9.17) is 32.8 Å². The molecule has 2 aromatic carbocycles. The lowest BCUT2D eigenvalue weighted by atomic mass is 9.89. The lowest BCUT2D eigenvalue weighted by Gasteiger charge is -2.48. The largest absolute Gasteiger partial charge is 0.487 e. The van der Waals surface area contributed by atoms with Crippen LogP contribution in [0.1, 0.15) is 54.6 Å². The summed E-state index contributed by atoms with van der Waals surface area (Å²) in [5, 5.41) is 21.4. The number of aliphatic hydroxyl groups excluding tert-OH is 1. The molecule has 11 heteroatoms. The van der Waals surface area contributed by atoms with Gasteiger partial charge in [0.1, 0.15) is 30.1 Å². The number of hydrogen-bond acceptors (Lipinski definition) is 10. The number of rotatable bonds is 9. The number of carboxylic acids is 1. The molecule has 0 radical (unpaired) electrons. The highest BCUT2D eigenvalue weighted by molar-refractivity contribution is 5.99. The fourth-order valence-electron chi connectivity index (χ4n) is 5.50. The molecule has 1 aromatic heterocycles. The average molecular weight is 585 g/mol. The van der Waals surface area contributed by atoms with E-state index in [1.807, 2.05) is 30.3 Å². The zero-order chi connectivity index (χ0) is 30.0. The van der Waals surface area contributed by atoms with E-state index in [0.717, 1.165) is 18.4 Å². The summed E-state index contributed by atoms with van der Waals surface area (Å²) in [6, 6.07) is 12.4. The number of benzene rings is 2. The van der Waals surface area contributed by atoms with Crippen molar-refractivity contribution in [3.05, 3.63) is 69.6 Å². The van der Waals surface area contributed by atoms with E-state index >= 15 is 0 Å². The molecule has 0 saturated carbocycles. The lowest BCUT2D eigenvalue weighted by Crippen LogP contribution is -2.65. The monoisotopic (exact) mass is 584 g/mol. The molecule has 0 bridgehead atoms. The minimum Gasteiger partial charge on any atom is -0.487 e. The maximum absolute atomic E-state index is 12.9. The van der Waals surface area contributed by atoms with Gasteiger partial charge < -0.3 is 43.1 Å². The highest BCUT2D eigenvalue weighted by atomic mass is 16.7. The van der Waals surface area contributed by atoms with Crippen molar-refractivity contribution >= 4 is 16.9 Å². The van der Waals surface area contributed by atoms with Gasteiger partial charge in [0.25, 0.3) is 0 Å². The van der Waals surface area contributed by atoms with E-state index in [0.29, 0.717) is 24.0 Å². The van der Waals surface area contributed by atoms with Crippen molar-refractivity contribution in [1.29, 1.82) is 0 Å². The summed E-state index contributed by atoms with van der Waals surface area (Å²) in [7, 11) is 1.49. The molecule has 2 aliphatic heterocycles. The maximum atomic E-state index is 12.9. The van der Waals surface area contributed by atoms with Crippen molar-refractivity contribution in [2.75, 3.05) is 13.7 Å². The van der Waals surface area contributed by atoms with E-state index < -0.39 is 53.7 Å². The van der Waals surface area contributed by atoms with Gasteiger partial charge in [-0.1, -0.05) is 30.3 Å². The van der Waals surface area contributed by atoms with Gasteiger partial charge in [0.2, 0.25) is 6.29 Å². The van der Waals surface area contributed by atoms with Crippen molar-refractivity contribution in [3.8, 4) is 11.5 Å². The summed E-state index contributed by atoms with van der Waals surface area (Å²) in [6.07, 6.45) is -1.89. The number of carboxylic acid groups (broad SMARTS) is 1. The van der Waals surface area contributed by atoms with Gasteiger partial charge in [0, 0.05) is 19.3 Å². The molecule has 2 fully saturated rings. The Kier molecular flexibility index (Phi) is 8.86. The molecule has 1 unspecified atom stereocenters. The number of aryl methyl sites for hydroxylation is 1. The molecule has 5 atom stereocenters. The van der Waals surface area contributed by atoms with Crippen LogP contribution in [-0.2, 0) is 25.6 Å². The minimum absolute atomic E-state index is 0.0444. The molecular formula is C31H36O11. The molecule has 3 heterocycles. The van der Waals surface area contributed by atoms with Crippen LogP contribution in [-0.4, -0.2) is 66.4 Å². The number of methoxy groups -OCH3 is 1. The van der Waals surface area contributed by atoms with E-state index in [1.165, 1.54) is 7.11 Å². The molecule has 0 aliphatic carbocycles. The Hall–Kier alpha value is -3.48. The second-order valence-electron chi connectivity index (χ2n) is 11.0. The van der Waals surface area contributed by atoms with Crippen LogP contribution in [0.5, 0.6) is 11.5 Å². The van der Waals surface area contributed by atoms with E-state index in [1.54, 1.807) is 32.9 Å². The van der Waals surface area contributed by atoms with Crippen LogP contribution in [0.2, 0.25) is 0 Å². The summed E-state index contributed by atoms with van der Waals surface area (Å²) < 4.78 is 41.5. The Morgan fingerprint density at radius 2 is 1.88 bits per heavy atom. The quantitative estimate of drug-likeness (QED) is 0.350. The first-order valence-corrected chi connectivity index (χ1v) is 13.9.